The Morgan fingerprint density at radius 1 is 0.917 bits per heavy atom. The molecule has 2 aromatic rings. The lowest BCUT2D eigenvalue weighted by Gasteiger charge is -2.08. The Kier molecular flexibility index (Phi) is 5.68. The maximum Gasteiger partial charge on any atom is 0.337 e. The molecule has 2 amide bonds. The Morgan fingerprint density at radius 2 is 1.54 bits per heavy atom. The molecule has 2 rings (SSSR count). The second kappa shape index (κ2) is 7.92. The predicted molar refractivity (Wildman–Crippen MR) is 90.9 cm³/mol. The number of benzene rings is 2. The second-order valence-corrected chi connectivity index (χ2v) is 5.03. The van der Waals surface area contributed by atoms with Crippen LogP contribution in [0.5, 0.6) is 0 Å². The topological polar surface area (TPSA) is 84.5 Å². The first-order valence-corrected chi connectivity index (χ1v) is 7.43. The molecule has 0 bridgehead atoms. The molecule has 2 N–H and O–H groups in total. The number of carbonyl (C=O) groups is 3. The van der Waals surface area contributed by atoms with E-state index in [1.54, 1.807) is 30.3 Å². The molecule has 0 unspecified atom stereocenters. The van der Waals surface area contributed by atoms with Gasteiger partial charge in [0.15, 0.2) is 0 Å². The molecule has 0 spiro atoms. The Morgan fingerprint density at radius 3 is 2.12 bits per heavy atom. The predicted octanol–water partition coefficient (Wildman–Crippen LogP) is 2.61. The van der Waals surface area contributed by atoms with E-state index in [1.807, 2.05) is 19.1 Å². The van der Waals surface area contributed by atoms with Crippen LogP contribution in [0.2, 0.25) is 0 Å². The molecule has 24 heavy (non-hydrogen) atoms. The average molecular weight is 326 g/mol. The lowest BCUT2D eigenvalue weighted by Crippen LogP contribution is -2.29. The van der Waals surface area contributed by atoms with E-state index >= 15 is 0 Å². The fourth-order valence-electron chi connectivity index (χ4n) is 2.04. The van der Waals surface area contributed by atoms with Crippen molar-refractivity contribution >= 4 is 29.2 Å². The van der Waals surface area contributed by atoms with Gasteiger partial charge >= 0.3 is 17.8 Å². The Labute approximate surface area is 139 Å². The van der Waals surface area contributed by atoms with Crippen molar-refractivity contribution < 1.29 is 19.1 Å². The van der Waals surface area contributed by atoms with Crippen molar-refractivity contribution in [2.45, 2.75) is 13.3 Å². The van der Waals surface area contributed by atoms with Gasteiger partial charge in [0.05, 0.1) is 12.7 Å². The summed E-state index contributed by atoms with van der Waals surface area (Å²) in [5, 5.41) is 4.96. The van der Waals surface area contributed by atoms with Crippen LogP contribution in [-0.4, -0.2) is 24.9 Å². The van der Waals surface area contributed by atoms with Gasteiger partial charge in [0.25, 0.3) is 0 Å². The van der Waals surface area contributed by atoms with Gasteiger partial charge in [-0.2, -0.15) is 0 Å². The van der Waals surface area contributed by atoms with E-state index in [0.717, 1.165) is 12.0 Å². The van der Waals surface area contributed by atoms with Gasteiger partial charge in [-0.15, -0.1) is 0 Å². The highest BCUT2D eigenvalue weighted by Crippen LogP contribution is 2.13. The maximum atomic E-state index is 12.0. The highest BCUT2D eigenvalue weighted by molar-refractivity contribution is 6.43. The molecule has 0 saturated heterocycles. The zero-order valence-corrected chi connectivity index (χ0v) is 13.5. The lowest BCUT2D eigenvalue weighted by atomic mass is 10.1. The second-order valence-electron chi connectivity index (χ2n) is 5.03. The van der Waals surface area contributed by atoms with Gasteiger partial charge in [0.1, 0.15) is 0 Å². The number of methoxy groups -OCH3 is 1. The van der Waals surface area contributed by atoms with E-state index < -0.39 is 17.8 Å². The van der Waals surface area contributed by atoms with Crippen LogP contribution < -0.4 is 10.6 Å². The number of hydrogen-bond donors (Lipinski definition) is 2. The van der Waals surface area contributed by atoms with Crippen LogP contribution in [0.15, 0.2) is 48.5 Å². The third-order valence-corrected chi connectivity index (χ3v) is 3.37. The normalized spacial score (nSPS) is 9.92. The van der Waals surface area contributed by atoms with E-state index in [1.165, 1.54) is 13.2 Å². The number of carbonyl (C=O) groups excluding carboxylic acids is 3. The van der Waals surface area contributed by atoms with Crippen molar-refractivity contribution in [2.75, 3.05) is 17.7 Å². The van der Waals surface area contributed by atoms with Crippen LogP contribution in [0.25, 0.3) is 0 Å². The molecular weight excluding hydrogens is 308 g/mol. The Hall–Kier alpha value is -3.15. The minimum Gasteiger partial charge on any atom is -0.465 e. The van der Waals surface area contributed by atoms with Crippen LogP contribution in [0, 0.1) is 0 Å². The first-order valence-electron chi connectivity index (χ1n) is 7.43. The molecule has 2 aromatic carbocycles. The average Bonchev–Trinajstić information content (AvgIpc) is 2.61. The van der Waals surface area contributed by atoms with Gasteiger partial charge in [-0.05, 0) is 42.3 Å². The summed E-state index contributed by atoms with van der Waals surface area (Å²) in [5.74, 6) is -2.13. The molecule has 124 valence electrons. The van der Waals surface area contributed by atoms with Crippen LogP contribution in [-0.2, 0) is 20.7 Å². The molecule has 0 atom stereocenters. The first-order chi connectivity index (χ1) is 11.5. The van der Waals surface area contributed by atoms with E-state index in [-0.39, 0.29) is 5.56 Å². The van der Waals surface area contributed by atoms with E-state index in [2.05, 4.69) is 15.4 Å². The fraction of sp³-hybridized carbons (Fsp3) is 0.167. The number of esters is 1. The molecule has 0 aliphatic carbocycles. The molecule has 0 radical (unpaired) electrons. The highest BCUT2D eigenvalue weighted by Gasteiger charge is 2.15. The summed E-state index contributed by atoms with van der Waals surface area (Å²) in [5.41, 5.74) is 2.29. The molecule has 0 heterocycles. The van der Waals surface area contributed by atoms with Crippen molar-refractivity contribution in [1.29, 1.82) is 0 Å². The Balaban J connectivity index is 2.00. The van der Waals surface area contributed by atoms with Gasteiger partial charge in [-0.3, -0.25) is 9.59 Å². The van der Waals surface area contributed by atoms with Crippen molar-refractivity contribution in [3.8, 4) is 0 Å². The van der Waals surface area contributed by atoms with Gasteiger partial charge in [-0.25, -0.2) is 4.79 Å². The molecular formula is C18H18N2O4. The number of hydrogen-bond acceptors (Lipinski definition) is 4. The van der Waals surface area contributed by atoms with Crippen LogP contribution in [0.3, 0.4) is 0 Å². The molecule has 6 heteroatoms. The maximum absolute atomic E-state index is 12.0. The number of nitrogens with one attached hydrogen (secondary N) is 2. The van der Waals surface area contributed by atoms with Gasteiger partial charge in [0.2, 0.25) is 0 Å². The van der Waals surface area contributed by atoms with Gasteiger partial charge in [0, 0.05) is 11.4 Å². The van der Waals surface area contributed by atoms with Crippen LogP contribution >= 0.6 is 0 Å². The number of anilines is 2. The molecule has 0 aliphatic heterocycles. The number of aryl methyl sites for hydroxylation is 1. The zero-order chi connectivity index (χ0) is 17.5. The zero-order valence-electron chi connectivity index (χ0n) is 13.5. The minimum absolute atomic E-state index is 0.283. The lowest BCUT2D eigenvalue weighted by molar-refractivity contribution is -0.132. The molecule has 0 saturated carbocycles. The third kappa shape index (κ3) is 4.42. The molecule has 0 aliphatic rings. The summed E-state index contributed by atoms with van der Waals surface area (Å²) in [6, 6.07) is 13.4. The highest BCUT2D eigenvalue weighted by atomic mass is 16.5. The van der Waals surface area contributed by atoms with E-state index in [0.29, 0.717) is 11.4 Å². The van der Waals surface area contributed by atoms with Crippen molar-refractivity contribution in [2.24, 2.45) is 0 Å². The molecule has 6 nitrogen and oxygen atoms in total. The Bertz CT molecular complexity index is 754. The van der Waals surface area contributed by atoms with Crippen molar-refractivity contribution in [3.63, 3.8) is 0 Å². The van der Waals surface area contributed by atoms with Crippen LogP contribution in [0.1, 0.15) is 22.8 Å². The minimum atomic E-state index is -0.823. The van der Waals surface area contributed by atoms with E-state index in [4.69, 9.17) is 0 Å². The first kappa shape index (κ1) is 17.2. The monoisotopic (exact) mass is 326 g/mol. The standard InChI is InChI=1S/C18H18N2O4/c1-3-12-7-9-14(10-8-12)19-16(21)17(22)20-15-6-4-5-13(11-15)18(23)24-2/h4-11H,3H2,1-2H3,(H,19,21)(H,20,22). The summed E-state index contributed by atoms with van der Waals surface area (Å²) >= 11 is 0. The van der Waals surface area contributed by atoms with Gasteiger partial charge in [-0.1, -0.05) is 25.1 Å². The SMILES string of the molecule is CCc1ccc(NC(=O)C(=O)Nc2cccc(C(=O)OC)c2)cc1. The summed E-state index contributed by atoms with van der Waals surface area (Å²) in [4.78, 5) is 35.3. The van der Waals surface area contributed by atoms with Crippen molar-refractivity contribution in [3.05, 3.63) is 59.7 Å². The summed E-state index contributed by atoms with van der Waals surface area (Å²) in [6.07, 6.45) is 0.894. The number of ether oxygens (including phenoxy) is 1. The summed E-state index contributed by atoms with van der Waals surface area (Å²) in [7, 11) is 1.27. The number of amides is 2. The van der Waals surface area contributed by atoms with Crippen molar-refractivity contribution in [1.82, 2.24) is 0 Å². The largest absolute Gasteiger partial charge is 0.465 e. The molecule has 0 fully saturated rings. The number of rotatable bonds is 4. The molecule has 0 aromatic heterocycles. The van der Waals surface area contributed by atoms with Crippen LogP contribution in [0.4, 0.5) is 11.4 Å². The third-order valence-electron chi connectivity index (χ3n) is 3.37. The van der Waals surface area contributed by atoms with E-state index in [9.17, 15) is 14.4 Å². The smallest absolute Gasteiger partial charge is 0.337 e. The quantitative estimate of drug-likeness (QED) is 0.668. The summed E-state index contributed by atoms with van der Waals surface area (Å²) < 4.78 is 4.61. The fourth-order valence-corrected chi connectivity index (χ4v) is 2.04. The van der Waals surface area contributed by atoms with Gasteiger partial charge < -0.3 is 15.4 Å². The summed E-state index contributed by atoms with van der Waals surface area (Å²) in [6.45, 7) is 2.03.